The van der Waals surface area contributed by atoms with Gasteiger partial charge in [0.15, 0.2) is 0 Å². The first-order chi connectivity index (χ1) is 7.15. The lowest BCUT2D eigenvalue weighted by atomic mass is 10.3. The van der Waals surface area contributed by atoms with Crippen LogP contribution in [0.1, 0.15) is 6.92 Å². The molecule has 0 aliphatic heterocycles. The standard InChI is InChI=1S/C11H15N3O/c1-4-5-11(15)13-9-8-12-7-6-10(9)14(2)3/h4-8H,1-3H3,(H,13,15)/b5-4+. The summed E-state index contributed by atoms with van der Waals surface area (Å²) in [5, 5.41) is 2.76. The topological polar surface area (TPSA) is 45.2 Å². The number of anilines is 2. The predicted octanol–water partition coefficient (Wildman–Crippen LogP) is 1.66. The van der Waals surface area contributed by atoms with Gasteiger partial charge in [-0.05, 0) is 19.1 Å². The summed E-state index contributed by atoms with van der Waals surface area (Å²) in [6.45, 7) is 1.80. The Morgan fingerprint density at radius 1 is 1.53 bits per heavy atom. The van der Waals surface area contributed by atoms with E-state index in [-0.39, 0.29) is 5.91 Å². The summed E-state index contributed by atoms with van der Waals surface area (Å²) in [4.78, 5) is 17.2. The Balaban J connectivity index is 2.89. The monoisotopic (exact) mass is 205 g/mol. The van der Waals surface area contributed by atoms with E-state index in [9.17, 15) is 4.79 Å². The fourth-order valence-electron chi connectivity index (χ4n) is 1.20. The first-order valence-corrected chi connectivity index (χ1v) is 4.70. The molecule has 0 bridgehead atoms. The minimum Gasteiger partial charge on any atom is -0.376 e. The van der Waals surface area contributed by atoms with Gasteiger partial charge < -0.3 is 10.2 Å². The summed E-state index contributed by atoms with van der Waals surface area (Å²) < 4.78 is 0. The number of amides is 1. The Kier molecular flexibility index (Phi) is 3.85. The van der Waals surface area contributed by atoms with E-state index in [0.717, 1.165) is 5.69 Å². The molecule has 0 radical (unpaired) electrons. The molecule has 80 valence electrons. The normalized spacial score (nSPS) is 10.3. The lowest BCUT2D eigenvalue weighted by Crippen LogP contribution is -2.15. The average molecular weight is 205 g/mol. The maximum absolute atomic E-state index is 11.3. The summed E-state index contributed by atoms with van der Waals surface area (Å²) >= 11 is 0. The van der Waals surface area contributed by atoms with Crippen LogP contribution in [0, 0.1) is 0 Å². The molecule has 0 unspecified atom stereocenters. The number of carbonyl (C=O) groups is 1. The summed E-state index contributed by atoms with van der Waals surface area (Å²) in [6, 6.07) is 1.85. The van der Waals surface area contributed by atoms with Crippen molar-refractivity contribution in [3.63, 3.8) is 0 Å². The third-order valence-electron chi connectivity index (χ3n) is 1.86. The molecule has 4 heteroatoms. The Labute approximate surface area is 89.6 Å². The number of hydrogen-bond donors (Lipinski definition) is 1. The van der Waals surface area contributed by atoms with Crippen molar-refractivity contribution in [3.05, 3.63) is 30.6 Å². The van der Waals surface area contributed by atoms with E-state index in [1.54, 1.807) is 25.4 Å². The molecule has 1 amide bonds. The van der Waals surface area contributed by atoms with Crippen LogP contribution < -0.4 is 10.2 Å². The molecule has 1 rings (SSSR count). The second kappa shape index (κ2) is 5.14. The van der Waals surface area contributed by atoms with Gasteiger partial charge in [-0.3, -0.25) is 9.78 Å². The lowest BCUT2D eigenvalue weighted by Gasteiger charge is -2.16. The van der Waals surface area contributed by atoms with E-state index in [1.807, 2.05) is 25.1 Å². The largest absolute Gasteiger partial charge is 0.376 e. The highest BCUT2D eigenvalue weighted by Crippen LogP contribution is 2.21. The molecule has 0 aromatic carbocycles. The van der Waals surface area contributed by atoms with Crippen LogP contribution in [-0.2, 0) is 4.79 Å². The fraction of sp³-hybridized carbons (Fsp3) is 0.273. The zero-order valence-electron chi connectivity index (χ0n) is 9.19. The van der Waals surface area contributed by atoms with Crippen LogP contribution >= 0.6 is 0 Å². The molecule has 1 aromatic heterocycles. The average Bonchev–Trinajstić information content (AvgIpc) is 2.18. The van der Waals surface area contributed by atoms with Crippen molar-refractivity contribution >= 4 is 17.3 Å². The van der Waals surface area contributed by atoms with Gasteiger partial charge in [0.1, 0.15) is 0 Å². The Bertz CT molecular complexity index is 372. The van der Waals surface area contributed by atoms with Crippen LogP contribution in [0.3, 0.4) is 0 Å². The number of hydrogen-bond acceptors (Lipinski definition) is 3. The van der Waals surface area contributed by atoms with Gasteiger partial charge in [0, 0.05) is 20.3 Å². The molecule has 1 heterocycles. The maximum atomic E-state index is 11.3. The highest BCUT2D eigenvalue weighted by molar-refractivity contribution is 6.01. The smallest absolute Gasteiger partial charge is 0.248 e. The van der Waals surface area contributed by atoms with Crippen molar-refractivity contribution in [1.82, 2.24) is 4.98 Å². The number of nitrogens with one attached hydrogen (secondary N) is 1. The Morgan fingerprint density at radius 3 is 2.87 bits per heavy atom. The molecule has 0 fully saturated rings. The van der Waals surface area contributed by atoms with Crippen molar-refractivity contribution in [2.45, 2.75) is 6.92 Å². The highest BCUT2D eigenvalue weighted by Gasteiger charge is 2.05. The number of nitrogens with zero attached hydrogens (tertiary/aromatic N) is 2. The minimum atomic E-state index is -0.145. The zero-order chi connectivity index (χ0) is 11.3. The molecule has 1 aromatic rings. The van der Waals surface area contributed by atoms with Gasteiger partial charge in [0.25, 0.3) is 0 Å². The Morgan fingerprint density at radius 2 is 2.27 bits per heavy atom. The zero-order valence-corrected chi connectivity index (χ0v) is 9.19. The van der Waals surface area contributed by atoms with Gasteiger partial charge in [-0.2, -0.15) is 0 Å². The Hall–Kier alpha value is -1.84. The summed E-state index contributed by atoms with van der Waals surface area (Å²) in [7, 11) is 3.83. The first kappa shape index (κ1) is 11.2. The summed E-state index contributed by atoms with van der Waals surface area (Å²) in [6.07, 6.45) is 6.50. The number of rotatable bonds is 3. The van der Waals surface area contributed by atoms with Crippen molar-refractivity contribution in [1.29, 1.82) is 0 Å². The van der Waals surface area contributed by atoms with Crippen molar-refractivity contribution in [2.75, 3.05) is 24.3 Å². The molecular formula is C11H15N3O. The van der Waals surface area contributed by atoms with Crippen molar-refractivity contribution < 1.29 is 4.79 Å². The van der Waals surface area contributed by atoms with Gasteiger partial charge in [-0.1, -0.05) is 6.08 Å². The van der Waals surface area contributed by atoms with E-state index in [2.05, 4.69) is 10.3 Å². The molecule has 1 N–H and O–H groups in total. The molecule has 15 heavy (non-hydrogen) atoms. The van der Waals surface area contributed by atoms with Crippen molar-refractivity contribution in [3.8, 4) is 0 Å². The highest BCUT2D eigenvalue weighted by atomic mass is 16.1. The van der Waals surface area contributed by atoms with Gasteiger partial charge in [0.2, 0.25) is 5.91 Å². The van der Waals surface area contributed by atoms with Crippen LogP contribution in [0.4, 0.5) is 11.4 Å². The van der Waals surface area contributed by atoms with E-state index in [4.69, 9.17) is 0 Å². The molecule has 0 spiro atoms. The quantitative estimate of drug-likeness (QED) is 0.763. The van der Waals surface area contributed by atoms with Gasteiger partial charge in [0.05, 0.1) is 17.6 Å². The van der Waals surface area contributed by atoms with Crippen LogP contribution in [0.15, 0.2) is 30.6 Å². The molecule has 0 atom stereocenters. The number of carbonyl (C=O) groups excluding carboxylic acids is 1. The maximum Gasteiger partial charge on any atom is 0.248 e. The molecule has 0 saturated heterocycles. The van der Waals surface area contributed by atoms with Crippen LogP contribution in [0.2, 0.25) is 0 Å². The summed E-state index contributed by atoms with van der Waals surface area (Å²) in [5.41, 5.74) is 1.65. The molecule has 0 aliphatic rings. The van der Waals surface area contributed by atoms with E-state index < -0.39 is 0 Å². The van der Waals surface area contributed by atoms with E-state index >= 15 is 0 Å². The van der Waals surface area contributed by atoms with Crippen LogP contribution in [0.5, 0.6) is 0 Å². The van der Waals surface area contributed by atoms with Gasteiger partial charge in [-0.15, -0.1) is 0 Å². The SMILES string of the molecule is C/C=C/C(=O)Nc1cnccc1N(C)C. The predicted molar refractivity (Wildman–Crippen MR) is 62.0 cm³/mol. The third kappa shape index (κ3) is 3.09. The van der Waals surface area contributed by atoms with Gasteiger partial charge >= 0.3 is 0 Å². The van der Waals surface area contributed by atoms with Crippen LogP contribution in [-0.4, -0.2) is 25.0 Å². The number of allylic oxidation sites excluding steroid dienone is 1. The second-order valence-corrected chi connectivity index (χ2v) is 3.28. The van der Waals surface area contributed by atoms with E-state index in [0.29, 0.717) is 5.69 Å². The van der Waals surface area contributed by atoms with Gasteiger partial charge in [-0.25, -0.2) is 0 Å². The lowest BCUT2D eigenvalue weighted by molar-refractivity contribution is -0.111. The first-order valence-electron chi connectivity index (χ1n) is 4.70. The molecule has 0 aliphatic carbocycles. The fourth-order valence-corrected chi connectivity index (χ4v) is 1.20. The molecular weight excluding hydrogens is 190 g/mol. The molecule has 0 saturated carbocycles. The summed E-state index contributed by atoms with van der Waals surface area (Å²) in [5.74, 6) is -0.145. The van der Waals surface area contributed by atoms with Crippen molar-refractivity contribution in [2.24, 2.45) is 0 Å². The van der Waals surface area contributed by atoms with E-state index in [1.165, 1.54) is 6.08 Å². The van der Waals surface area contributed by atoms with Crippen LogP contribution in [0.25, 0.3) is 0 Å². The number of aromatic nitrogens is 1. The number of pyridine rings is 1. The molecule has 4 nitrogen and oxygen atoms in total. The second-order valence-electron chi connectivity index (χ2n) is 3.28. The third-order valence-corrected chi connectivity index (χ3v) is 1.86. The minimum absolute atomic E-state index is 0.145.